The Kier molecular flexibility index (Phi) is 6.60. The Balaban J connectivity index is 2.53. The summed E-state index contributed by atoms with van der Waals surface area (Å²) in [6.07, 6.45) is -6.48. The van der Waals surface area contributed by atoms with E-state index in [1.165, 1.54) is 31.4 Å². The molecule has 0 radical (unpaired) electrons. The first-order valence-corrected chi connectivity index (χ1v) is 8.36. The van der Waals surface area contributed by atoms with Gasteiger partial charge in [0, 0.05) is 24.1 Å². The minimum Gasteiger partial charge on any atom is -0.497 e. The largest absolute Gasteiger partial charge is 0.497 e. The fourth-order valence-corrected chi connectivity index (χ4v) is 2.63. The lowest BCUT2D eigenvalue weighted by molar-refractivity contribution is -0.386. The molecular formula is C20H16F3NO6. The van der Waals surface area contributed by atoms with Gasteiger partial charge in [-0.15, -0.1) is 0 Å². The first-order valence-electron chi connectivity index (χ1n) is 8.36. The zero-order valence-electron chi connectivity index (χ0n) is 15.9. The number of alkyl halides is 3. The number of nitro benzene ring substituents is 1. The number of rotatable bonds is 7. The molecule has 0 N–H and O–H groups in total. The van der Waals surface area contributed by atoms with Crippen LogP contribution in [-0.2, 0) is 15.7 Å². The van der Waals surface area contributed by atoms with Crippen molar-refractivity contribution >= 4 is 17.4 Å². The van der Waals surface area contributed by atoms with E-state index >= 15 is 0 Å². The summed E-state index contributed by atoms with van der Waals surface area (Å²) >= 11 is 0. The van der Waals surface area contributed by atoms with Crippen molar-refractivity contribution in [2.45, 2.75) is 19.2 Å². The zero-order valence-corrected chi connectivity index (χ0v) is 15.9. The molecule has 0 aromatic heterocycles. The van der Waals surface area contributed by atoms with Gasteiger partial charge in [-0.3, -0.25) is 19.7 Å². The van der Waals surface area contributed by atoms with Crippen molar-refractivity contribution in [3.8, 4) is 5.75 Å². The fraction of sp³-hybridized carbons (Fsp3) is 0.200. The summed E-state index contributed by atoms with van der Waals surface area (Å²) in [6.45, 7) is 4.57. The summed E-state index contributed by atoms with van der Waals surface area (Å²) < 4.78 is 48.9. The number of benzene rings is 2. The molecular weight excluding hydrogens is 407 g/mol. The number of carbonyl (C=O) groups is 2. The Hall–Kier alpha value is -3.69. The second-order valence-electron chi connectivity index (χ2n) is 6.10. The third-order valence-electron chi connectivity index (χ3n) is 4.08. The van der Waals surface area contributed by atoms with Crippen molar-refractivity contribution in [2.24, 2.45) is 0 Å². The number of carbonyl (C=O) groups excluding carboxylic acids is 2. The number of ketones is 1. The van der Waals surface area contributed by atoms with Crippen molar-refractivity contribution in [1.82, 2.24) is 0 Å². The molecule has 0 saturated carbocycles. The third-order valence-corrected chi connectivity index (χ3v) is 4.08. The Morgan fingerprint density at radius 3 is 2.20 bits per heavy atom. The molecule has 0 bridgehead atoms. The van der Waals surface area contributed by atoms with Gasteiger partial charge in [0.1, 0.15) is 5.75 Å². The minimum absolute atomic E-state index is 0.118. The van der Waals surface area contributed by atoms with Gasteiger partial charge < -0.3 is 9.47 Å². The molecule has 0 saturated heterocycles. The number of nitrogens with zero attached hydrogens (tertiary/aromatic N) is 1. The van der Waals surface area contributed by atoms with E-state index in [0.29, 0.717) is 17.9 Å². The first kappa shape index (κ1) is 22.6. The number of nitro groups is 1. The van der Waals surface area contributed by atoms with Crippen LogP contribution in [0.4, 0.5) is 18.9 Å². The summed E-state index contributed by atoms with van der Waals surface area (Å²) in [5.74, 6) is -1.15. The van der Waals surface area contributed by atoms with Gasteiger partial charge in [0.25, 0.3) is 5.69 Å². The lowest BCUT2D eigenvalue weighted by atomic mass is 9.93. The summed E-state index contributed by atoms with van der Waals surface area (Å²) in [5, 5.41) is 11.4. The highest BCUT2D eigenvalue weighted by molar-refractivity contribution is 6.09. The van der Waals surface area contributed by atoms with Gasteiger partial charge in [0.15, 0.2) is 11.9 Å². The average molecular weight is 423 g/mol. The van der Waals surface area contributed by atoms with Crippen molar-refractivity contribution < 1.29 is 37.2 Å². The van der Waals surface area contributed by atoms with E-state index in [2.05, 4.69) is 6.58 Å². The van der Waals surface area contributed by atoms with Gasteiger partial charge in [-0.05, 0) is 36.4 Å². The topological polar surface area (TPSA) is 95.7 Å². The van der Waals surface area contributed by atoms with Crippen molar-refractivity contribution in [3.05, 3.63) is 81.4 Å². The first-order chi connectivity index (χ1) is 14.0. The predicted octanol–water partition coefficient (Wildman–Crippen LogP) is 4.67. The molecule has 0 amide bonds. The second-order valence-corrected chi connectivity index (χ2v) is 6.10. The molecule has 2 aromatic rings. The normalized spacial score (nSPS) is 12.0. The van der Waals surface area contributed by atoms with Crippen LogP contribution in [0.1, 0.15) is 34.5 Å². The number of halogens is 3. The Morgan fingerprint density at radius 1 is 1.13 bits per heavy atom. The minimum atomic E-state index is -4.82. The number of methoxy groups -OCH3 is 1. The van der Waals surface area contributed by atoms with Gasteiger partial charge in [0.05, 0.1) is 23.2 Å². The standard InChI is InChI=1S/C20H16F3NO6/c1-11(18(26)13-4-7-15(29-3)8-5-13)19(30-12(2)25)16-9-6-14(20(21,22)23)10-17(16)24(27)28/h4-10,19H,1H2,2-3H3. The molecule has 0 heterocycles. The average Bonchev–Trinajstić information content (AvgIpc) is 2.69. The van der Waals surface area contributed by atoms with E-state index in [1.54, 1.807) is 0 Å². The van der Waals surface area contributed by atoms with Crippen LogP contribution in [0.2, 0.25) is 0 Å². The molecule has 10 heteroatoms. The number of hydrogen-bond donors (Lipinski definition) is 0. The van der Waals surface area contributed by atoms with Gasteiger partial charge >= 0.3 is 12.1 Å². The zero-order chi connectivity index (χ0) is 22.6. The summed E-state index contributed by atoms with van der Waals surface area (Å²) in [4.78, 5) is 34.7. The highest BCUT2D eigenvalue weighted by atomic mass is 19.4. The Bertz CT molecular complexity index is 999. The van der Waals surface area contributed by atoms with E-state index in [4.69, 9.17) is 9.47 Å². The molecule has 0 spiro atoms. The summed E-state index contributed by atoms with van der Waals surface area (Å²) in [5.41, 5.74) is -2.87. The fourth-order valence-electron chi connectivity index (χ4n) is 2.63. The quantitative estimate of drug-likeness (QED) is 0.211. The van der Waals surface area contributed by atoms with E-state index in [0.717, 1.165) is 13.0 Å². The maximum absolute atomic E-state index is 13.0. The van der Waals surface area contributed by atoms with Gasteiger partial charge in [-0.25, -0.2) is 0 Å². The smallest absolute Gasteiger partial charge is 0.416 e. The summed E-state index contributed by atoms with van der Waals surface area (Å²) in [7, 11) is 1.43. The third kappa shape index (κ3) is 5.02. The van der Waals surface area contributed by atoms with E-state index < -0.39 is 45.8 Å². The van der Waals surface area contributed by atoms with Crippen LogP contribution in [0.25, 0.3) is 0 Å². The molecule has 2 aromatic carbocycles. The number of ether oxygens (including phenoxy) is 2. The molecule has 0 aliphatic rings. The highest BCUT2D eigenvalue weighted by Crippen LogP contribution is 2.38. The van der Waals surface area contributed by atoms with Crippen LogP contribution in [0.3, 0.4) is 0 Å². The van der Waals surface area contributed by atoms with Crippen LogP contribution in [0, 0.1) is 10.1 Å². The van der Waals surface area contributed by atoms with Crippen LogP contribution in [0.5, 0.6) is 5.75 Å². The molecule has 0 fully saturated rings. The van der Waals surface area contributed by atoms with E-state index in [-0.39, 0.29) is 11.1 Å². The van der Waals surface area contributed by atoms with Crippen molar-refractivity contribution in [3.63, 3.8) is 0 Å². The molecule has 0 aliphatic heterocycles. The lowest BCUT2D eigenvalue weighted by Gasteiger charge is -2.20. The van der Waals surface area contributed by atoms with Crippen LogP contribution in [0.15, 0.2) is 54.6 Å². The van der Waals surface area contributed by atoms with Crippen LogP contribution in [-0.4, -0.2) is 23.8 Å². The Morgan fingerprint density at radius 2 is 1.73 bits per heavy atom. The SMILES string of the molecule is C=C(C(=O)c1ccc(OC)cc1)C(OC(C)=O)c1ccc(C(F)(F)F)cc1[N+](=O)[O-]. The Labute approximate surface area is 168 Å². The summed E-state index contributed by atoms with van der Waals surface area (Å²) in [6, 6.07) is 7.49. The number of Topliss-reactive ketones (excluding diaryl/α,β-unsaturated/α-hetero) is 1. The molecule has 158 valence electrons. The second kappa shape index (κ2) is 8.76. The maximum Gasteiger partial charge on any atom is 0.416 e. The molecule has 1 unspecified atom stereocenters. The molecule has 0 aliphatic carbocycles. The van der Waals surface area contributed by atoms with Gasteiger partial charge in [0.2, 0.25) is 0 Å². The molecule has 2 rings (SSSR count). The molecule has 30 heavy (non-hydrogen) atoms. The predicted molar refractivity (Wildman–Crippen MR) is 99.1 cm³/mol. The van der Waals surface area contributed by atoms with Gasteiger partial charge in [-0.1, -0.05) is 6.58 Å². The van der Waals surface area contributed by atoms with Crippen LogP contribution >= 0.6 is 0 Å². The van der Waals surface area contributed by atoms with Gasteiger partial charge in [-0.2, -0.15) is 13.2 Å². The van der Waals surface area contributed by atoms with E-state index in [1.807, 2.05) is 0 Å². The molecule has 1 atom stereocenters. The van der Waals surface area contributed by atoms with Crippen LogP contribution < -0.4 is 4.74 Å². The number of esters is 1. The van der Waals surface area contributed by atoms with E-state index in [9.17, 15) is 32.9 Å². The maximum atomic E-state index is 13.0. The monoisotopic (exact) mass is 423 g/mol. The van der Waals surface area contributed by atoms with Crippen molar-refractivity contribution in [2.75, 3.05) is 7.11 Å². The van der Waals surface area contributed by atoms with Crippen molar-refractivity contribution in [1.29, 1.82) is 0 Å². The highest BCUT2D eigenvalue weighted by Gasteiger charge is 2.36. The number of hydrogen-bond acceptors (Lipinski definition) is 6. The lowest BCUT2D eigenvalue weighted by Crippen LogP contribution is -2.18. The molecule has 7 nitrogen and oxygen atoms in total.